The molecule has 0 atom stereocenters. The molecule has 0 saturated heterocycles. The quantitative estimate of drug-likeness (QED) is 0.654. The fourth-order valence-corrected chi connectivity index (χ4v) is 3.36. The molecular weight excluding hydrogens is 348 g/mol. The number of fused-ring (bicyclic) bond motifs is 1. The summed E-state index contributed by atoms with van der Waals surface area (Å²) >= 11 is 1.42. The van der Waals surface area contributed by atoms with Gasteiger partial charge in [-0.3, -0.25) is 10.1 Å². The van der Waals surface area contributed by atoms with Gasteiger partial charge >= 0.3 is 0 Å². The minimum Gasteiger partial charge on any atom is -0.494 e. The number of benzene rings is 2. The second kappa shape index (κ2) is 8.19. The fraction of sp³-hybridized carbons (Fsp3) is 0.300. The standard InChI is InChI=1S/C20H22N2O3S/c1-4-10-24-15-8-9-16-18(11-15)26-20(21-16)22-19(23)12-25-17-7-5-6-13(2)14(17)3/h5-9,11H,4,10,12H2,1-3H3,(H,21,22,23). The van der Waals surface area contributed by atoms with Crippen molar-refractivity contribution in [1.82, 2.24) is 4.98 Å². The van der Waals surface area contributed by atoms with Crippen LogP contribution in [0, 0.1) is 13.8 Å². The first-order chi connectivity index (χ1) is 12.6. The molecule has 0 aliphatic heterocycles. The average molecular weight is 370 g/mol. The van der Waals surface area contributed by atoms with Gasteiger partial charge in [-0.05, 0) is 55.7 Å². The Morgan fingerprint density at radius 1 is 1.19 bits per heavy atom. The predicted molar refractivity (Wildman–Crippen MR) is 105 cm³/mol. The molecule has 0 aliphatic rings. The zero-order chi connectivity index (χ0) is 18.5. The Labute approximate surface area is 157 Å². The van der Waals surface area contributed by atoms with Crippen LogP contribution in [-0.2, 0) is 4.79 Å². The van der Waals surface area contributed by atoms with Crippen LogP contribution < -0.4 is 14.8 Å². The molecule has 1 amide bonds. The summed E-state index contributed by atoms with van der Waals surface area (Å²) in [6.07, 6.45) is 0.961. The molecule has 3 rings (SSSR count). The van der Waals surface area contributed by atoms with Crippen molar-refractivity contribution in [3.8, 4) is 11.5 Å². The molecule has 0 bridgehead atoms. The van der Waals surface area contributed by atoms with E-state index in [1.807, 2.05) is 50.2 Å². The number of nitrogens with one attached hydrogen (secondary N) is 1. The number of aromatic nitrogens is 1. The van der Waals surface area contributed by atoms with Crippen LogP contribution in [0.5, 0.6) is 11.5 Å². The normalized spacial score (nSPS) is 10.7. The van der Waals surface area contributed by atoms with Crippen LogP contribution in [0.25, 0.3) is 10.2 Å². The van der Waals surface area contributed by atoms with Crippen molar-refractivity contribution >= 4 is 32.6 Å². The summed E-state index contributed by atoms with van der Waals surface area (Å²) < 4.78 is 12.2. The summed E-state index contributed by atoms with van der Waals surface area (Å²) in [6.45, 7) is 6.70. The third-order valence-electron chi connectivity index (χ3n) is 3.99. The molecule has 1 N–H and O–H groups in total. The number of amides is 1. The van der Waals surface area contributed by atoms with E-state index in [0.717, 1.165) is 39.3 Å². The van der Waals surface area contributed by atoms with E-state index in [1.165, 1.54) is 11.3 Å². The average Bonchev–Trinajstić information content (AvgIpc) is 3.02. The molecule has 0 spiro atoms. The number of ether oxygens (including phenoxy) is 2. The highest BCUT2D eigenvalue weighted by molar-refractivity contribution is 7.22. The fourth-order valence-electron chi connectivity index (χ4n) is 2.45. The SMILES string of the molecule is CCCOc1ccc2nc(NC(=O)COc3cccc(C)c3C)sc2c1. The highest BCUT2D eigenvalue weighted by atomic mass is 32.1. The zero-order valence-corrected chi connectivity index (χ0v) is 16.0. The summed E-state index contributed by atoms with van der Waals surface area (Å²) in [5.74, 6) is 1.31. The number of carbonyl (C=O) groups excluding carboxylic acids is 1. The molecule has 6 heteroatoms. The van der Waals surface area contributed by atoms with Gasteiger partial charge in [0, 0.05) is 0 Å². The van der Waals surface area contributed by atoms with Gasteiger partial charge in [-0.2, -0.15) is 0 Å². The van der Waals surface area contributed by atoms with Crippen LogP contribution in [0.1, 0.15) is 24.5 Å². The number of aryl methyl sites for hydroxylation is 1. The Morgan fingerprint density at radius 3 is 2.85 bits per heavy atom. The molecule has 136 valence electrons. The maximum atomic E-state index is 12.2. The third-order valence-corrected chi connectivity index (χ3v) is 4.93. The number of hydrogen-bond acceptors (Lipinski definition) is 5. The predicted octanol–water partition coefficient (Wildman–Crippen LogP) is 4.72. The van der Waals surface area contributed by atoms with Gasteiger partial charge in [0.25, 0.3) is 5.91 Å². The number of hydrogen-bond donors (Lipinski definition) is 1. The number of rotatable bonds is 7. The maximum absolute atomic E-state index is 12.2. The summed E-state index contributed by atoms with van der Waals surface area (Å²) in [6, 6.07) is 11.5. The van der Waals surface area contributed by atoms with Gasteiger partial charge in [0.05, 0.1) is 16.8 Å². The molecule has 0 aliphatic carbocycles. The van der Waals surface area contributed by atoms with Gasteiger partial charge in [-0.15, -0.1) is 0 Å². The number of nitrogens with zero attached hydrogens (tertiary/aromatic N) is 1. The lowest BCUT2D eigenvalue weighted by molar-refractivity contribution is -0.118. The van der Waals surface area contributed by atoms with Gasteiger partial charge in [0.2, 0.25) is 0 Å². The Kier molecular flexibility index (Phi) is 5.73. The monoisotopic (exact) mass is 370 g/mol. The summed E-state index contributed by atoms with van der Waals surface area (Å²) in [5, 5.41) is 3.36. The molecule has 5 nitrogen and oxygen atoms in total. The molecular formula is C20H22N2O3S. The number of anilines is 1. The van der Waals surface area contributed by atoms with Crippen LogP contribution in [0.2, 0.25) is 0 Å². The van der Waals surface area contributed by atoms with E-state index in [9.17, 15) is 4.79 Å². The van der Waals surface area contributed by atoms with Crippen molar-refractivity contribution in [2.45, 2.75) is 27.2 Å². The second-order valence-electron chi connectivity index (χ2n) is 6.03. The highest BCUT2D eigenvalue weighted by Gasteiger charge is 2.10. The molecule has 0 radical (unpaired) electrons. The Balaban J connectivity index is 1.62. The number of carbonyl (C=O) groups is 1. The van der Waals surface area contributed by atoms with E-state index in [-0.39, 0.29) is 12.5 Å². The van der Waals surface area contributed by atoms with E-state index in [2.05, 4.69) is 17.2 Å². The molecule has 0 fully saturated rings. The van der Waals surface area contributed by atoms with E-state index in [4.69, 9.17) is 9.47 Å². The molecule has 2 aromatic carbocycles. The van der Waals surface area contributed by atoms with E-state index in [0.29, 0.717) is 11.7 Å². The van der Waals surface area contributed by atoms with Crippen molar-refractivity contribution in [2.75, 3.05) is 18.5 Å². The molecule has 0 unspecified atom stereocenters. The van der Waals surface area contributed by atoms with Crippen molar-refractivity contribution in [2.24, 2.45) is 0 Å². The Bertz CT molecular complexity index is 921. The van der Waals surface area contributed by atoms with E-state index < -0.39 is 0 Å². The molecule has 1 aromatic heterocycles. The largest absolute Gasteiger partial charge is 0.494 e. The van der Waals surface area contributed by atoms with E-state index in [1.54, 1.807) is 0 Å². The van der Waals surface area contributed by atoms with Gasteiger partial charge < -0.3 is 9.47 Å². The maximum Gasteiger partial charge on any atom is 0.264 e. The number of thiazole rings is 1. The second-order valence-corrected chi connectivity index (χ2v) is 7.06. The minimum absolute atomic E-state index is 0.0505. The van der Waals surface area contributed by atoms with Crippen LogP contribution in [-0.4, -0.2) is 24.1 Å². The zero-order valence-electron chi connectivity index (χ0n) is 15.2. The summed E-state index contributed by atoms with van der Waals surface area (Å²) in [4.78, 5) is 16.6. The minimum atomic E-state index is -0.229. The van der Waals surface area contributed by atoms with E-state index >= 15 is 0 Å². The first-order valence-electron chi connectivity index (χ1n) is 8.59. The van der Waals surface area contributed by atoms with Gasteiger partial charge in [-0.1, -0.05) is 30.4 Å². The van der Waals surface area contributed by atoms with Gasteiger partial charge in [0.15, 0.2) is 11.7 Å². The van der Waals surface area contributed by atoms with Crippen LogP contribution in [0.15, 0.2) is 36.4 Å². The van der Waals surface area contributed by atoms with Crippen LogP contribution in [0.4, 0.5) is 5.13 Å². The highest BCUT2D eigenvalue weighted by Crippen LogP contribution is 2.29. The van der Waals surface area contributed by atoms with Crippen LogP contribution >= 0.6 is 11.3 Å². The molecule has 0 saturated carbocycles. The molecule has 1 heterocycles. The lowest BCUT2D eigenvalue weighted by Crippen LogP contribution is -2.20. The lowest BCUT2D eigenvalue weighted by atomic mass is 10.1. The van der Waals surface area contributed by atoms with Gasteiger partial charge in [0.1, 0.15) is 11.5 Å². The Hall–Kier alpha value is -2.60. The first-order valence-corrected chi connectivity index (χ1v) is 9.40. The summed E-state index contributed by atoms with van der Waals surface area (Å²) in [5.41, 5.74) is 3.01. The summed E-state index contributed by atoms with van der Waals surface area (Å²) in [7, 11) is 0. The first kappa shape index (κ1) is 18.2. The topological polar surface area (TPSA) is 60.5 Å². The van der Waals surface area contributed by atoms with Crippen LogP contribution in [0.3, 0.4) is 0 Å². The Morgan fingerprint density at radius 2 is 2.04 bits per heavy atom. The van der Waals surface area contributed by atoms with Gasteiger partial charge in [-0.25, -0.2) is 4.98 Å². The molecule has 26 heavy (non-hydrogen) atoms. The molecule has 3 aromatic rings. The smallest absolute Gasteiger partial charge is 0.264 e. The van der Waals surface area contributed by atoms with Crippen molar-refractivity contribution in [3.63, 3.8) is 0 Å². The van der Waals surface area contributed by atoms with Crippen molar-refractivity contribution in [3.05, 3.63) is 47.5 Å². The lowest BCUT2D eigenvalue weighted by Gasteiger charge is -2.10. The van der Waals surface area contributed by atoms with Crippen molar-refractivity contribution in [1.29, 1.82) is 0 Å². The third kappa shape index (κ3) is 4.32. The van der Waals surface area contributed by atoms with Crippen molar-refractivity contribution < 1.29 is 14.3 Å².